The fourth-order valence-electron chi connectivity index (χ4n) is 1.05. The Kier molecular flexibility index (Phi) is 6.47. The molecule has 15 heavy (non-hydrogen) atoms. The Balaban J connectivity index is 4.21. The van der Waals surface area contributed by atoms with Crippen LogP contribution in [0.25, 0.3) is 0 Å². The lowest BCUT2D eigenvalue weighted by Crippen LogP contribution is -2.49. The van der Waals surface area contributed by atoms with Crippen molar-refractivity contribution in [3.63, 3.8) is 0 Å². The van der Waals surface area contributed by atoms with E-state index in [0.29, 0.717) is 19.6 Å². The molecule has 1 atom stereocenters. The van der Waals surface area contributed by atoms with Crippen LogP contribution in [-0.4, -0.2) is 44.9 Å². The molecule has 0 bridgehead atoms. The zero-order valence-electron chi connectivity index (χ0n) is 10.0. The number of nitrogens with two attached hydrogens (primary N) is 1. The van der Waals surface area contributed by atoms with Gasteiger partial charge in [-0.2, -0.15) is 0 Å². The molecule has 5 heteroatoms. The Morgan fingerprint density at radius 1 is 1.47 bits per heavy atom. The molecule has 0 saturated heterocycles. The van der Waals surface area contributed by atoms with E-state index in [2.05, 4.69) is 5.32 Å². The molecule has 0 spiro atoms. The van der Waals surface area contributed by atoms with Gasteiger partial charge in [0.25, 0.3) is 5.91 Å². The third-order valence-corrected chi connectivity index (χ3v) is 2.28. The highest BCUT2D eigenvalue weighted by atomic mass is 16.5. The topological polar surface area (TPSA) is 73.6 Å². The number of hydrogen-bond donors (Lipinski definition) is 2. The van der Waals surface area contributed by atoms with E-state index in [0.717, 1.165) is 0 Å². The van der Waals surface area contributed by atoms with E-state index in [1.54, 1.807) is 21.0 Å². The van der Waals surface area contributed by atoms with Crippen LogP contribution in [0.1, 0.15) is 20.3 Å². The van der Waals surface area contributed by atoms with Gasteiger partial charge in [0.2, 0.25) is 0 Å². The van der Waals surface area contributed by atoms with Gasteiger partial charge in [0.1, 0.15) is 5.60 Å². The molecule has 0 fully saturated rings. The quantitative estimate of drug-likeness (QED) is 0.625. The minimum Gasteiger partial charge on any atom is -0.383 e. The lowest BCUT2D eigenvalue weighted by atomic mass is 10.1. The fourth-order valence-corrected chi connectivity index (χ4v) is 1.05. The van der Waals surface area contributed by atoms with Gasteiger partial charge in [0.15, 0.2) is 0 Å². The molecular weight excluding hydrogens is 196 g/mol. The van der Waals surface area contributed by atoms with Crippen molar-refractivity contribution in [2.24, 2.45) is 5.73 Å². The molecule has 0 aromatic carbocycles. The third-order valence-electron chi connectivity index (χ3n) is 2.28. The zero-order chi connectivity index (χ0) is 11.9. The fraction of sp³-hybridized carbons (Fsp3) is 0.900. The number of carbonyl (C=O) groups is 1. The van der Waals surface area contributed by atoms with Crippen LogP contribution in [-0.2, 0) is 14.3 Å². The van der Waals surface area contributed by atoms with Crippen molar-refractivity contribution in [2.45, 2.75) is 31.9 Å². The predicted octanol–water partition coefficient (Wildman–Crippen LogP) is -0.109. The van der Waals surface area contributed by atoms with Gasteiger partial charge < -0.3 is 20.5 Å². The van der Waals surface area contributed by atoms with E-state index in [1.807, 2.05) is 0 Å². The first-order valence-corrected chi connectivity index (χ1v) is 5.03. The van der Waals surface area contributed by atoms with Gasteiger partial charge in [0, 0.05) is 14.2 Å². The standard InChI is InChI=1S/C10H22N2O3/c1-10(2,15-4)9(13)12-8(5-6-11)7-14-3/h8H,5-7,11H2,1-4H3,(H,12,13). The average Bonchev–Trinajstić information content (AvgIpc) is 2.18. The third kappa shape index (κ3) is 5.11. The largest absolute Gasteiger partial charge is 0.383 e. The van der Waals surface area contributed by atoms with Gasteiger partial charge in [-0.1, -0.05) is 0 Å². The molecule has 0 aliphatic rings. The van der Waals surface area contributed by atoms with E-state index in [-0.39, 0.29) is 11.9 Å². The van der Waals surface area contributed by atoms with Crippen LogP contribution in [0.3, 0.4) is 0 Å². The molecule has 3 N–H and O–H groups in total. The molecule has 0 radical (unpaired) electrons. The molecular formula is C10H22N2O3. The summed E-state index contributed by atoms with van der Waals surface area (Å²) in [6.07, 6.45) is 0.694. The Labute approximate surface area is 91.3 Å². The maximum absolute atomic E-state index is 11.7. The van der Waals surface area contributed by atoms with Gasteiger partial charge in [-0.3, -0.25) is 4.79 Å². The van der Waals surface area contributed by atoms with Crippen molar-refractivity contribution in [1.82, 2.24) is 5.32 Å². The lowest BCUT2D eigenvalue weighted by molar-refractivity contribution is -0.140. The van der Waals surface area contributed by atoms with Crippen molar-refractivity contribution in [2.75, 3.05) is 27.4 Å². The van der Waals surface area contributed by atoms with Crippen LogP contribution < -0.4 is 11.1 Å². The van der Waals surface area contributed by atoms with Crippen molar-refractivity contribution in [3.8, 4) is 0 Å². The monoisotopic (exact) mass is 218 g/mol. The lowest BCUT2D eigenvalue weighted by Gasteiger charge is -2.25. The van der Waals surface area contributed by atoms with Gasteiger partial charge in [0.05, 0.1) is 12.6 Å². The molecule has 0 aliphatic heterocycles. The van der Waals surface area contributed by atoms with Crippen molar-refractivity contribution in [3.05, 3.63) is 0 Å². The maximum atomic E-state index is 11.7. The summed E-state index contributed by atoms with van der Waals surface area (Å²) in [5.74, 6) is -0.152. The van der Waals surface area contributed by atoms with Gasteiger partial charge in [-0.05, 0) is 26.8 Å². The van der Waals surface area contributed by atoms with E-state index in [4.69, 9.17) is 15.2 Å². The molecule has 90 valence electrons. The highest BCUT2D eigenvalue weighted by Gasteiger charge is 2.28. The Bertz CT molecular complexity index is 189. The molecule has 0 aliphatic carbocycles. The second-order valence-corrected chi connectivity index (χ2v) is 3.92. The van der Waals surface area contributed by atoms with E-state index < -0.39 is 5.60 Å². The minimum atomic E-state index is -0.819. The van der Waals surface area contributed by atoms with Crippen molar-refractivity contribution in [1.29, 1.82) is 0 Å². The van der Waals surface area contributed by atoms with Crippen molar-refractivity contribution < 1.29 is 14.3 Å². The number of methoxy groups -OCH3 is 2. The van der Waals surface area contributed by atoms with Gasteiger partial charge in [-0.25, -0.2) is 0 Å². The summed E-state index contributed by atoms with van der Waals surface area (Å²) in [5.41, 5.74) is 4.62. The first-order chi connectivity index (χ1) is 6.97. The molecule has 0 rings (SSSR count). The summed E-state index contributed by atoms with van der Waals surface area (Å²) in [6.45, 7) is 4.41. The average molecular weight is 218 g/mol. The number of ether oxygens (including phenoxy) is 2. The minimum absolute atomic E-state index is 0.0538. The smallest absolute Gasteiger partial charge is 0.251 e. The number of rotatable bonds is 7. The highest BCUT2D eigenvalue weighted by molar-refractivity contribution is 5.84. The molecule has 0 aromatic rings. The molecule has 0 saturated carbocycles. The Morgan fingerprint density at radius 3 is 2.47 bits per heavy atom. The number of carbonyl (C=O) groups excluding carboxylic acids is 1. The molecule has 0 heterocycles. The van der Waals surface area contributed by atoms with Gasteiger partial charge >= 0.3 is 0 Å². The predicted molar refractivity (Wildman–Crippen MR) is 58.6 cm³/mol. The van der Waals surface area contributed by atoms with Gasteiger partial charge in [-0.15, -0.1) is 0 Å². The summed E-state index contributed by atoms with van der Waals surface area (Å²) in [7, 11) is 3.10. The summed E-state index contributed by atoms with van der Waals surface area (Å²) in [5, 5.41) is 2.84. The second-order valence-electron chi connectivity index (χ2n) is 3.92. The summed E-state index contributed by atoms with van der Waals surface area (Å²) in [6, 6.07) is -0.0538. The first kappa shape index (κ1) is 14.3. The molecule has 1 unspecified atom stereocenters. The van der Waals surface area contributed by atoms with E-state index in [9.17, 15) is 4.79 Å². The summed E-state index contributed by atoms with van der Waals surface area (Å²) >= 11 is 0. The number of amides is 1. The van der Waals surface area contributed by atoms with Crippen LogP contribution in [0.15, 0.2) is 0 Å². The molecule has 1 amide bonds. The first-order valence-electron chi connectivity index (χ1n) is 5.03. The highest BCUT2D eigenvalue weighted by Crippen LogP contribution is 2.08. The maximum Gasteiger partial charge on any atom is 0.251 e. The van der Waals surface area contributed by atoms with E-state index in [1.165, 1.54) is 7.11 Å². The number of nitrogens with one attached hydrogen (secondary N) is 1. The summed E-state index contributed by atoms with van der Waals surface area (Å²) in [4.78, 5) is 11.7. The van der Waals surface area contributed by atoms with Crippen LogP contribution in [0, 0.1) is 0 Å². The van der Waals surface area contributed by atoms with Crippen LogP contribution in [0.4, 0.5) is 0 Å². The SMILES string of the molecule is COCC(CCN)NC(=O)C(C)(C)OC. The normalized spacial score (nSPS) is 13.7. The summed E-state index contributed by atoms with van der Waals surface area (Å²) < 4.78 is 10.1. The Morgan fingerprint density at radius 2 is 2.07 bits per heavy atom. The number of hydrogen-bond acceptors (Lipinski definition) is 4. The zero-order valence-corrected chi connectivity index (χ0v) is 10.0. The van der Waals surface area contributed by atoms with Crippen molar-refractivity contribution >= 4 is 5.91 Å². The molecule has 5 nitrogen and oxygen atoms in total. The van der Waals surface area contributed by atoms with Crippen LogP contribution >= 0.6 is 0 Å². The van der Waals surface area contributed by atoms with E-state index >= 15 is 0 Å². The second kappa shape index (κ2) is 6.76. The molecule has 0 aromatic heterocycles. The van der Waals surface area contributed by atoms with Crippen LogP contribution in [0.5, 0.6) is 0 Å². The Hall–Kier alpha value is -0.650. The van der Waals surface area contributed by atoms with Crippen LogP contribution in [0.2, 0.25) is 0 Å².